The van der Waals surface area contributed by atoms with Gasteiger partial charge >= 0.3 is 6.18 Å². The summed E-state index contributed by atoms with van der Waals surface area (Å²) in [4.78, 5) is 0. The molecule has 0 aliphatic heterocycles. The Labute approximate surface area is 80.5 Å². The number of ether oxygens (including phenoxy) is 1. The van der Waals surface area contributed by atoms with Crippen molar-refractivity contribution >= 4 is 10.0 Å². The molecule has 0 saturated carbocycles. The topological polar surface area (TPSA) is 55.4 Å². The molecule has 1 N–H and O–H groups in total. The first-order valence-electron chi connectivity index (χ1n) is 3.80. The highest BCUT2D eigenvalue weighted by atomic mass is 32.2. The van der Waals surface area contributed by atoms with E-state index in [0.717, 1.165) is 6.26 Å². The highest BCUT2D eigenvalue weighted by molar-refractivity contribution is 7.88. The third kappa shape index (κ3) is 11.7. The predicted octanol–water partition coefficient (Wildman–Crippen LogP) is 0.505. The summed E-state index contributed by atoms with van der Waals surface area (Å²) in [5, 5.41) is 0. The van der Waals surface area contributed by atoms with E-state index >= 15 is 0 Å². The fraction of sp³-hybridized carbons (Fsp3) is 1.00. The first-order valence-corrected chi connectivity index (χ1v) is 5.69. The maximum Gasteiger partial charge on any atom is 0.411 e. The van der Waals surface area contributed by atoms with E-state index in [1.807, 2.05) is 0 Å². The van der Waals surface area contributed by atoms with Gasteiger partial charge in [0.2, 0.25) is 10.0 Å². The molecule has 0 amide bonds. The molecule has 0 atom stereocenters. The molecule has 0 unspecified atom stereocenters. The Bertz CT molecular complexity index is 250. The van der Waals surface area contributed by atoms with Gasteiger partial charge in [0.05, 0.1) is 6.26 Å². The van der Waals surface area contributed by atoms with E-state index in [9.17, 15) is 21.6 Å². The maximum atomic E-state index is 11.5. The van der Waals surface area contributed by atoms with Crippen molar-refractivity contribution in [3.8, 4) is 0 Å². The summed E-state index contributed by atoms with van der Waals surface area (Å²) < 4.78 is 61.9. The maximum absolute atomic E-state index is 11.5. The molecule has 0 spiro atoms. The van der Waals surface area contributed by atoms with E-state index in [2.05, 4.69) is 9.46 Å². The van der Waals surface area contributed by atoms with Crippen LogP contribution in [0.25, 0.3) is 0 Å². The highest BCUT2D eigenvalue weighted by Crippen LogP contribution is 2.14. The van der Waals surface area contributed by atoms with Crippen LogP contribution in [0.1, 0.15) is 6.42 Å². The van der Waals surface area contributed by atoms with Crippen LogP contribution < -0.4 is 4.72 Å². The Kier molecular flexibility index (Phi) is 5.38. The van der Waals surface area contributed by atoms with Gasteiger partial charge in [0.15, 0.2) is 0 Å². The molecule has 0 fully saturated rings. The molecular weight excluding hydrogens is 223 g/mol. The van der Waals surface area contributed by atoms with Crippen molar-refractivity contribution in [1.29, 1.82) is 0 Å². The fourth-order valence-electron chi connectivity index (χ4n) is 0.620. The van der Waals surface area contributed by atoms with Gasteiger partial charge in [-0.05, 0) is 6.42 Å². The molecule has 0 radical (unpaired) electrons. The van der Waals surface area contributed by atoms with Crippen molar-refractivity contribution in [3.05, 3.63) is 0 Å². The minimum atomic E-state index is -4.33. The van der Waals surface area contributed by atoms with Crippen LogP contribution in [0.4, 0.5) is 13.2 Å². The molecule has 0 aromatic carbocycles. The van der Waals surface area contributed by atoms with Gasteiger partial charge in [0, 0.05) is 13.2 Å². The van der Waals surface area contributed by atoms with E-state index in [-0.39, 0.29) is 19.6 Å². The van der Waals surface area contributed by atoms with E-state index in [0.29, 0.717) is 0 Å². The Morgan fingerprint density at radius 2 is 1.93 bits per heavy atom. The van der Waals surface area contributed by atoms with Gasteiger partial charge in [0.25, 0.3) is 0 Å². The SMILES string of the molecule is CS(=O)(=O)NCCCOCC(F)(F)F. The van der Waals surface area contributed by atoms with Crippen LogP contribution in [0.3, 0.4) is 0 Å². The molecule has 0 heterocycles. The number of nitrogens with one attached hydrogen (secondary N) is 1. The van der Waals surface area contributed by atoms with Gasteiger partial charge in [-0.1, -0.05) is 0 Å². The van der Waals surface area contributed by atoms with Crippen molar-refractivity contribution in [1.82, 2.24) is 4.72 Å². The second kappa shape index (κ2) is 5.52. The fourth-order valence-corrected chi connectivity index (χ4v) is 1.13. The lowest BCUT2D eigenvalue weighted by molar-refractivity contribution is -0.173. The van der Waals surface area contributed by atoms with Crippen molar-refractivity contribution in [2.75, 3.05) is 26.0 Å². The van der Waals surface area contributed by atoms with Gasteiger partial charge < -0.3 is 4.74 Å². The zero-order valence-electron chi connectivity index (χ0n) is 7.60. The molecule has 4 nitrogen and oxygen atoms in total. The van der Waals surface area contributed by atoms with E-state index in [1.54, 1.807) is 0 Å². The highest BCUT2D eigenvalue weighted by Gasteiger charge is 2.27. The van der Waals surface area contributed by atoms with E-state index in [4.69, 9.17) is 0 Å². The van der Waals surface area contributed by atoms with Crippen LogP contribution in [0.15, 0.2) is 0 Å². The summed E-state index contributed by atoms with van der Waals surface area (Å²) in [6, 6.07) is 0. The molecule has 0 aliphatic rings. The van der Waals surface area contributed by atoms with Crippen LogP contribution in [-0.4, -0.2) is 40.6 Å². The lowest BCUT2D eigenvalue weighted by Gasteiger charge is -2.07. The summed E-state index contributed by atoms with van der Waals surface area (Å²) in [6.45, 7) is -1.34. The lowest BCUT2D eigenvalue weighted by Crippen LogP contribution is -2.24. The van der Waals surface area contributed by atoms with Gasteiger partial charge in [-0.3, -0.25) is 0 Å². The summed E-state index contributed by atoms with van der Waals surface area (Å²) in [5.41, 5.74) is 0. The third-order valence-corrected chi connectivity index (χ3v) is 1.82. The Balaban J connectivity index is 3.32. The number of alkyl halides is 3. The Morgan fingerprint density at radius 3 is 2.36 bits per heavy atom. The van der Waals surface area contributed by atoms with Gasteiger partial charge in [-0.25, -0.2) is 13.1 Å². The number of halogens is 3. The first kappa shape index (κ1) is 13.7. The molecule has 0 saturated heterocycles. The third-order valence-electron chi connectivity index (χ3n) is 1.10. The average molecular weight is 235 g/mol. The minimum absolute atomic E-state index is 0.0801. The van der Waals surface area contributed by atoms with E-state index < -0.39 is 22.8 Å². The molecule has 14 heavy (non-hydrogen) atoms. The second-order valence-corrected chi connectivity index (χ2v) is 4.52. The summed E-state index contributed by atoms with van der Waals surface area (Å²) in [5.74, 6) is 0. The number of rotatable bonds is 6. The van der Waals surface area contributed by atoms with Gasteiger partial charge in [-0.15, -0.1) is 0 Å². The second-order valence-electron chi connectivity index (χ2n) is 2.69. The molecule has 0 bridgehead atoms. The van der Waals surface area contributed by atoms with Crippen LogP contribution in [-0.2, 0) is 14.8 Å². The predicted molar refractivity (Wildman–Crippen MR) is 44.3 cm³/mol. The molecule has 0 aliphatic carbocycles. The molecule has 0 aromatic heterocycles. The van der Waals surface area contributed by atoms with Crippen LogP contribution in [0.5, 0.6) is 0 Å². The van der Waals surface area contributed by atoms with Crippen LogP contribution in [0.2, 0.25) is 0 Å². The van der Waals surface area contributed by atoms with E-state index in [1.165, 1.54) is 0 Å². The zero-order valence-corrected chi connectivity index (χ0v) is 8.41. The van der Waals surface area contributed by atoms with Crippen molar-refractivity contribution in [2.45, 2.75) is 12.6 Å². The molecular formula is C6H12F3NO3S. The average Bonchev–Trinajstić information content (AvgIpc) is 1.92. The van der Waals surface area contributed by atoms with Crippen LogP contribution in [0, 0.1) is 0 Å². The Morgan fingerprint density at radius 1 is 1.36 bits per heavy atom. The van der Waals surface area contributed by atoms with Crippen molar-refractivity contribution in [2.24, 2.45) is 0 Å². The molecule has 0 aromatic rings. The quantitative estimate of drug-likeness (QED) is 0.682. The zero-order chi connectivity index (χ0) is 11.2. The molecule has 8 heteroatoms. The standard InChI is InChI=1S/C6H12F3NO3S/c1-14(11,12)10-3-2-4-13-5-6(7,8)9/h10H,2-5H2,1H3. The van der Waals surface area contributed by atoms with Gasteiger partial charge in [-0.2, -0.15) is 13.2 Å². The van der Waals surface area contributed by atoms with Crippen molar-refractivity contribution in [3.63, 3.8) is 0 Å². The van der Waals surface area contributed by atoms with Crippen molar-refractivity contribution < 1.29 is 26.3 Å². The minimum Gasteiger partial charge on any atom is -0.372 e. The molecule has 86 valence electrons. The number of hydrogen-bond donors (Lipinski definition) is 1. The normalized spacial score (nSPS) is 13.1. The number of sulfonamides is 1. The first-order chi connectivity index (χ1) is 6.21. The lowest BCUT2D eigenvalue weighted by atomic mass is 10.5. The smallest absolute Gasteiger partial charge is 0.372 e. The monoisotopic (exact) mass is 235 g/mol. The summed E-state index contributed by atoms with van der Waals surface area (Å²) >= 11 is 0. The van der Waals surface area contributed by atoms with Crippen LogP contribution >= 0.6 is 0 Å². The Hall–Kier alpha value is -0.340. The molecule has 0 rings (SSSR count). The summed E-state index contributed by atoms with van der Waals surface area (Å²) in [6.07, 6.45) is -3.14. The van der Waals surface area contributed by atoms with Gasteiger partial charge in [0.1, 0.15) is 6.61 Å². The summed E-state index contributed by atoms with van der Waals surface area (Å²) in [7, 11) is -3.27. The number of hydrogen-bond acceptors (Lipinski definition) is 3. The largest absolute Gasteiger partial charge is 0.411 e.